The average Bonchev–Trinajstić information content (AvgIpc) is 2.32. The Kier molecular flexibility index (Phi) is 7.29. The minimum absolute atomic E-state index is 0.441. The van der Waals surface area contributed by atoms with Gasteiger partial charge in [-0.1, -0.05) is 0 Å². The zero-order chi connectivity index (χ0) is 14.3. The normalized spacial score (nSPS) is 15.6. The predicted octanol–water partition coefficient (Wildman–Crippen LogP) is -2.85. The Hall–Kier alpha value is -1.35. The first-order valence-electron chi connectivity index (χ1n) is 5.12. The van der Waals surface area contributed by atoms with Crippen molar-refractivity contribution in [1.29, 1.82) is 0 Å². The predicted molar refractivity (Wildman–Crippen MR) is 56.4 cm³/mol. The summed E-state index contributed by atoms with van der Waals surface area (Å²) in [6.07, 6.45) is -6.05. The van der Waals surface area contributed by atoms with E-state index in [1.54, 1.807) is 0 Å². The van der Waals surface area contributed by atoms with Crippen molar-refractivity contribution in [1.82, 2.24) is 0 Å². The molecule has 8 heteroatoms. The van der Waals surface area contributed by atoms with Gasteiger partial charge in [0.2, 0.25) is 5.78 Å². The Morgan fingerprint density at radius 3 is 2.17 bits per heavy atom. The zero-order valence-electron chi connectivity index (χ0n) is 9.78. The molecule has 0 aliphatic carbocycles. The van der Waals surface area contributed by atoms with Crippen LogP contribution in [-0.2, 0) is 19.1 Å². The number of ether oxygens (including phenoxy) is 1. The smallest absolute Gasteiger partial charge is 0.313 e. The molecule has 0 bridgehead atoms. The van der Waals surface area contributed by atoms with Crippen LogP contribution < -0.4 is 0 Å². The topological polar surface area (TPSA) is 141 Å². The van der Waals surface area contributed by atoms with Gasteiger partial charge < -0.3 is 25.2 Å². The lowest BCUT2D eigenvalue weighted by Crippen LogP contribution is -2.45. The standard InChI is InChI=1S/C10H16O8/c1-5(12)2-8(15)18-4-7(14)10(17)9(16)6(13)3-11/h6,9-11,13,16-17H,2-4H2,1H3/t6-,9+,10+/m1/s1. The molecule has 0 rings (SSSR count). The van der Waals surface area contributed by atoms with Gasteiger partial charge in [0, 0.05) is 0 Å². The third kappa shape index (κ3) is 5.82. The molecule has 3 atom stereocenters. The Bertz CT molecular complexity index is 313. The molecule has 0 fully saturated rings. The second-order valence-electron chi connectivity index (χ2n) is 3.69. The number of carbonyl (C=O) groups is 3. The fourth-order valence-corrected chi connectivity index (χ4v) is 1.00. The summed E-state index contributed by atoms with van der Waals surface area (Å²) < 4.78 is 4.37. The maximum absolute atomic E-state index is 11.2. The van der Waals surface area contributed by atoms with Crippen LogP contribution in [0.4, 0.5) is 0 Å². The van der Waals surface area contributed by atoms with Crippen LogP contribution in [0.15, 0.2) is 0 Å². The molecule has 0 aromatic heterocycles. The number of aliphatic hydroxyl groups excluding tert-OH is 4. The highest BCUT2D eigenvalue weighted by Crippen LogP contribution is 2.02. The molecule has 0 aromatic rings. The van der Waals surface area contributed by atoms with Gasteiger partial charge in [0.1, 0.15) is 30.5 Å². The number of aliphatic hydroxyl groups is 4. The number of esters is 1. The fourth-order valence-electron chi connectivity index (χ4n) is 1.00. The fraction of sp³-hybridized carbons (Fsp3) is 0.700. The monoisotopic (exact) mass is 264 g/mol. The van der Waals surface area contributed by atoms with E-state index in [2.05, 4.69) is 4.74 Å². The molecule has 0 aliphatic heterocycles. The molecule has 0 aliphatic rings. The van der Waals surface area contributed by atoms with E-state index in [-0.39, 0.29) is 0 Å². The molecule has 0 saturated heterocycles. The molecular formula is C10H16O8. The Morgan fingerprint density at radius 1 is 1.17 bits per heavy atom. The van der Waals surface area contributed by atoms with Gasteiger partial charge in [-0.2, -0.15) is 0 Å². The Balaban J connectivity index is 4.16. The summed E-state index contributed by atoms with van der Waals surface area (Å²) in [6, 6.07) is 0. The van der Waals surface area contributed by atoms with Crippen molar-refractivity contribution >= 4 is 17.5 Å². The van der Waals surface area contributed by atoms with Gasteiger partial charge in [-0.3, -0.25) is 14.4 Å². The summed E-state index contributed by atoms with van der Waals surface area (Å²) >= 11 is 0. The highest BCUT2D eigenvalue weighted by atomic mass is 16.5. The van der Waals surface area contributed by atoms with Crippen LogP contribution in [0.2, 0.25) is 0 Å². The molecule has 0 radical (unpaired) electrons. The summed E-state index contributed by atoms with van der Waals surface area (Å²) in [5.41, 5.74) is 0. The van der Waals surface area contributed by atoms with E-state index < -0.39 is 55.5 Å². The van der Waals surface area contributed by atoms with Crippen molar-refractivity contribution in [3.63, 3.8) is 0 Å². The van der Waals surface area contributed by atoms with Gasteiger partial charge in [-0.15, -0.1) is 0 Å². The molecule has 8 nitrogen and oxygen atoms in total. The summed E-state index contributed by atoms with van der Waals surface area (Å²) in [5.74, 6) is -2.42. The number of Topliss-reactive ketones (excluding diaryl/α,β-unsaturated/α-hetero) is 2. The summed E-state index contributed by atoms with van der Waals surface area (Å²) in [4.78, 5) is 32.7. The molecule has 0 saturated carbocycles. The van der Waals surface area contributed by atoms with Crippen molar-refractivity contribution in [2.45, 2.75) is 31.7 Å². The van der Waals surface area contributed by atoms with E-state index >= 15 is 0 Å². The molecular weight excluding hydrogens is 248 g/mol. The highest BCUT2D eigenvalue weighted by Gasteiger charge is 2.30. The zero-order valence-corrected chi connectivity index (χ0v) is 9.78. The number of ketones is 2. The summed E-state index contributed by atoms with van der Waals surface area (Å²) in [5, 5.41) is 35.9. The molecule has 0 spiro atoms. The van der Waals surface area contributed by atoms with E-state index in [1.807, 2.05) is 0 Å². The highest BCUT2D eigenvalue weighted by molar-refractivity contribution is 5.95. The van der Waals surface area contributed by atoms with E-state index in [4.69, 9.17) is 10.2 Å². The van der Waals surface area contributed by atoms with Crippen LogP contribution in [0.5, 0.6) is 0 Å². The van der Waals surface area contributed by atoms with Crippen molar-refractivity contribution in [2.24, 2.45) is 0 Å². The molecule has 104 valence electrons. The van der Waals surface area contributed by atoms with E-state index in [0.717, 1.165) is 0 Å². The second kappa shape index (κ2) is 7.88. The lowest BCUT2D eigenvalue weighted by molar-refractivity contribution is -0.156. The van der Waals surface area contributed by atoms with Crippen LogP contribution in [-0.4, -0.2) is 69.5 Å². The lowest BCUT2D eigenvalue weighted by atomic mass is 10.1. The van der Waals surface area contributed by atoms with Crippen LogP contribution >= 0.6 is 0 Å². The third-order valence-electron chi connectivity index (χ3n) is 2.00. The van der Waals surface area contributed by atoms with E-state index in [1.165, 1.54) is 6.92 Å². The number of carbonyl (C=O) groups excluding carboxylic acids is 3. The Labute approximate surface area is 103 Å². The minimum Gasteiger partial charge on any atom is -0.457 e. The van der Waals surface area contributed by atoms with E-state index in [9.17, 15) is 24.6 Å². The van der Waals surface area contributed by atoms with E-state index in [0.29, 0.717) is 0 Å². The molecule has 18 heavy (non-hydrogen) atoms. The van der Waals surface area contributed by atoms with Gasteiger partial charge in [0.05, 0.1) is 6.61 Å². The summed E-state index contributed by atoms with van der Waals surface area (Å²) in [7, 11) is 0. The lowest BCUT2D eigenvalue weighted by Gasteiger charge is -2.20. The van der Waals surface area contributed by atoms with Crippen LogP contribution in [0.25, 0.3) is 0 Å². The molecule has 0 heterocycles. The SMILES string of the molecule is CC(=O)CC(=O)OCC(=O)[C@H](O)[C@@H](O)[C@H](O)CO. The Morgan fingerprint density at radius 2 is 1.72 bits per heavy atom. The quantitative estimate of drug-likeness (QED) is 0.271. The van der Waals surface area contributed by atoms with Crippen molar-refractivity contribution < 1.29 is 39.5 Å². The van der Waals surface area contributed by atoms with Gasteiger partial charge in [0.25, 0.3) is 0 Å². The number of hydrogen-bond donors (Lipinski definition) is 4. The largest absolute Gasteiger partial charge is 0.457 e. The van der Waals surface area contributed by atoms with Crippen molar-refractivity contribution in [2.75, 3.05) is 13.2 Å². The van der Waals surface area contributed by atoms with Crippen LogP contribution in [0, 0.1) is 0 Å². The van der Waals surface area contributed by atoms with Crippen molar-refractivity contribution in [3.05, 3.63) is 0 Å². The first-order chi connectivity index (χ1) is 8.29. The second-order valence-corrected chi connectivity index (χ2v) is 3.69. The average molecular weight is 264 g/mol. The molecule has 0 amide bonds. The molecule has 4 N–H and O–H groups in total. The van der Waals surface area contributed by atoms with Gasteiger partial charge in [-0.25, -0.2) is 0 Å². The maximum atomic E-state index is 11.2. The van der Waals surface area contributed by atoms with Crippen molar-refractivity contribution in [3.8, 4) is 0 Å². The molecule has 0 unspecified atom stereocenters. The van der Waals surface area contributed by atoms with Crippen LogP contribution in [0.1, 0.15) is 13.3 Å². The summed E-state index contributed by atoms with van der Waals surface area (Å²) in [6.45, 7) is -0.503. The first kappa shape index (κ1) is 16.6. The third-order valence-corrected chi connectivity index (χ3v) is 2.00. The van der Waals surface area contributed by atoms with Gasteiger partial charge in [-0.05, 0) is 6.92 Å². The van der Waals surface area contributed by atoms with Crippen LogP contribution in [0.3, 0.4) is 0 Å². The number of rotatable bonds is 8. The molecule has 0 aromatic carbocycles. The minimum atomic E-state index is -1.99. The first-order valence-corrected chi connectivity index (χ1v) is 5.12. The number of hydrogen-bond acceptors (Lipinski definition) is 8. The van der Waals surface area contributed by atoms with Gasteiger partial charge >= 0.3 is 5.97 Å². The maximum Gasteiger partial charge on any atom is 0.313 e. The van der Waals surface area contributed by atoms with Gasteiger partial charge in [0.15, 0.2) is 6.61 Å².